The van der Waals surface area contributed by atoms with Crippen LogP contribution in [0.4, 0.5) is 4.79 Å². The van der Waals surface area contributed by atoms with Crippen LogP contribution in [-0.2, 0) is 21.9 Å². The molecule has 3 aliphatic rings. The predicted octanol–water partition coefficient (Wildman–Crippen LogP) is 3.11. The highest BCUT2D eigenvalue weighted by Crippen LogP contribution is 2.56. The molecular weight excluding hydrogens is 386 g/mol. The molecule has 0 unspecified atom stereocenters. The van der Waals surface area contributed by atoms with E-state index in [4.69, 9.17) is 0 Å². The van der Waals surface area contributed by atoms with Crippen molar-refractivity contribution in [2.45, 2.75) is 69.2 Å². The number of piperidine rings is 2. The minimum atomic E-state index is -3.48. The van der Waals surface area contributed by atoms with Gasteiger partial charge >= 0.3 is 6.03 Å². The highest BCUT2D eigenvalue weighted by Gasteiger charge is 2.57. The van der Waals surface area contributed by atoms with Gasteiger partial charge < -0.3 is 9.80 Å². The Kier molecular flexibility index (Phi) is 4.97. The van der Waals surface area contributed by atoms with E-state index in [-0.39, 0.29) is 22.9 Å². The average Bonchev–Trinajstić information content (AvgIpc) is 2.70. The molecule has 2 atom stereocenters. The van der Waals surface area contributed by atoms with E-state index in [1.54, 1.807) is 6.07 Å². The van der Waals surface area contributed by atoms with Gasteiger partial charge in [0.05, 0.1) is 4.90 Å². The summed E-state index contributed by atoms with van der Waals surface area (Å²) < 4.78 is 27.2. The van der Waals surface area contributed by atoms with Gasteiger partial charge in [-0.1, -0.05) is 26.8 Å². The van der Waals surface area contributed by atoms with Crippen molar-refractivity contribution in [2.75, 3.05) is 26.7 Å². The molecule has 2 saturated heterocycles. The summed E-state index contributed by atoms with van der Waals surface area (Å²) in [5.41, 5.74) is 1.97. The van der Waals surface area contributed by atoms with Gasteiger partial charge in [0.1, 0.15) is 0 Å². The predicted molar refractivity (Wildman–Crippen MR) is 113 cm³/mol. The van der Waals surface area contributed by atoms with E-state index >= 15 is 0 Å². The Morgan fingerprint density at radius 1 is 1.10 bits per heavy atom. The van der Waals surface area contributed by atoms with Crippen molar-refractivity contribution in [3.8, 4) is 0 Å². The van der Waals surface area contributed by atoms with Crippen molar-refractivity contribution in [1.82, 2.24) is 14.5 Å². The number of urea groups is 1. The van der Waals surface area contributed by atoms with Crippen LogP contribution in [0.5, 0.6) is 0 Å². The SMILES string of the molecule is CNS(=O)(=O)c1ccc2c(c1)[C@@]1(C)CCN(C(=O)N3CCCCC3)[C@@H](C2)C1(C)C. The van der Waals surface area contributed by atoms with Gasteiger partial charge in [0.15, 0.2) is 0 Å². The van der Waals surface area contributed by atoms with Crippen LogP contribution in [0.3, 0.4) is 0 Å². The number of nitrogens with one attached hydrogen (secondary N) is 1. The quantitative estimate of drug-likeness (QED) is 0.801. The van der Waals surface area contributed by atoms with Gasteiger partial charge in [-0.05, 0) is 67.8 Å². The summed E-state index contributed by atoms with van der Waals surface area (Å²) in [6, 6.07) is 5.81. The molecule has 0 radical (unpaired) electrons. The van der Waals surface area contributed by atoms with Crippen LogP contribution in [0.1, 0.15) is 57.6 Å². The third-order valence-corrected chi connectivity index (χ3v) is 9.44. The number of carbonyl (C=O) groups is 1. The smallest absolute Gasteiger partial charge is 0.320 e. The molecule has 1 aromatic carbocycles. The van der Waals surface area contributed by atoms with Crippen LogP contribution < -0.4 is 4.72 Å². The van der Waals surface area contributed by atoms with Crippen LogP contribution in [0.25, 0.3) is 0 Å². The summed E-state index contributed by atoms with van der Waals surface area (Å²) in [4.78, 5) is 17.8. The Morgan fingerprint density at radius 3 is 2.45 bits per heavy atom. The number of fused-ring (bicyclic) bond motifs is 4. The lowest BCUT2D eigenvalue weighted by atomic mass is 9.51. The van der Waals surface area contributed by atoms with Gasteiger partial charge in [-0.25, -0.2) is 17.9 Å². The molecule has 2 fully saturated rings. The fraction of sp³-hybridized carbons (Fsp3) is 0.682. The Hall–Kier alpha value is -1.60. The summed E-state index contributed by atoms with van der Waals surface area (Å²) in [6.07, 6.45) is 5.01. The number of likely N-dealkylation sites (tertiary alicyclic amines) is 2. The van der Waals surface area contributed by atoms with Crippen LogP contribution >= 0.6 is 0 Å². The maximum absolute atomic E-state index is 13.3. The summed E-state index contributed by atoms with van der Waals surface area (Å²) in [7, 11) is -2.04. The topological polar surface area (TPSA) is 69.7 Å². The first-order chi connectivity index (χ1) is 13.6. The minimum absolute atomic E-state index is 0.120. The summed E-state index contributed by atoms with van der Waals surface area (Å²) in [5, 5.41) is 0. The summed E-state index contributed by atoms with van der Waals surface area (Å²) in [5.74, 6) is 0. The molecule has 2 heterocycles. The van der Waals surface area contributed by atoms with Crippen LogP contribution in [0.15, 0.2) is 23.1 Å². The number of amides is 2. The Bertz CT molecular complexity index is 921. The van der Waals surface area contributed by atoms with Crippen molar-refractivity contribution in [3.63, 3.8) is 0 Å². The highest BCUT2D eigenvalue weighted by molar-refractivity contribution is 7.89. The molecule has 0 spiro atoms. The zero-order valence-electron chi connectivity index (χ0n) is 18.0. The molecule has 160 valence electrons. The van der Waals surface area contributed by atoms with Crippen molar-refractivity contribution < 1.29 is 13.2 Å². The van der Waals surface area contributed by atoms with E-state index in [2.05, 4.69) is 30.4 Å². The number of carbonyl (C=O) groups excluding carboxylic acids is 1. The first-order valence-corrected chi connectivity index (χ1v) is 12.2. The zero-order chi connectivity index (χ0) is 21.0. The van der Waals surface area contributed by atoms with Crippen LogP contribution in [0, 0.1) is 5.41 Å². The molecule has 2 amide bonds. The maximum Gasteiger partial charge on any atom is 0.320 e. The lowest BCUT2D eigenvalue weighted by Gasteiger charge is -2.61. The molecule has 2 aliphatic heterocycles. The van der Waals surface area contributed by atoms with Gasteiger partial charge in [-0.2, -0.15) is 0 Å². The van der Waals surface area contributed by atoms with E-state index in [9.17, 15) is 13.2 Å². The van der Waals surface area contributed by atoms with E-state index in [0.29, 0.717) is 4.90 Å². The summed E-state index contributed by atoms with van der Waals surface area (Å²) in [6.45, 7) is 9.19. The Balaban J connectivity index is 1.73. The molecule has 1 N–H and O–H groups in total. The van der Waals surface area contributed by atoms with Gasteiger partial charge in [-0.15, -0.1) is 0 Å². The Morgan fingerprint density at radius 2 is 1.79 bits per heavy atom. The molecule has 29 heavy (non-hydrogen) atoms. The molecule has 1 aliphatic carbocycles. The highest BCUT2D eigenvalue weighted by atomic mass is 32.2. The molecule has 0 saturated carbocycles. The molecule has 1 aromatic rings. The van der Waals surface area contributed by atoms with Crippen LogP contribution in [-0.4, -0.2) is 57.0 Å². The number of hydrogen-bond donors (Lipinski definition) is 1. The van der Waals surface area contributed by atoms with Crippen molar-refractivity contribution in [1.29, 1.82) is 0 Å². The standard InChI is InChI=1S/C22H33N3O3S/c1-21(2)19-14-16-8-9-17(29(27,28)23-4)15-18(16)22(21,3)10-13-25(19)20(26)24-11-6-5-7-12-24/h8-9,15,19,23H,5-7,10-14H2,1-4H3/t19-,22+/m0/s1. The second-order valence-electron chi connectivity index (χ2n) is 9.57. The van der Waals surface area contributed by atoms with E-state index < -0.39 is 10.0 Å². The third-order valence-electron chi connectivity index (χ3n) is 8.02. The lowest BCUT2D eigenvalue weighted by molar-refractivity contribution is -0.0243. The van der Waals surface area contributed by atoms with Crippen molar-refractivity contribution in [3.05, 3.63) is 29.3 Å². The van der Waals surface area contributed by atoms with Gasteiger partial charge in [0, 0.05) is 31.1 Å². The minimum Gasteiger partial charge on any atom is -0.325 e. The first-order valence-electron chi connectivity index (χ1n) is 10.7. The van der Waals surface area contributed by atoms with E-state index in [1.807, 2.05) is 17.0 Å². The van der Waals surface area contributed by atoms with E-state index in [0.717, 1.165) is 50.9 Å². The lowest BCUT2D eigenvalue weighted by Crippen LogP contribution is -2.66. The van der Waals surface area contributed by atoms with Crippen molar-refractivity contribution in [2.24, 2.45) is 5.41 Å². The molecule has 6 nitrogen and oxygen atoms in total. The molecule has 2 bridgehead atoms. The average molecular weight is 420 g/mol. The second kappa shape index (κ2) is 6.98. The number of benzene rings is 1. The number of sulfonamides is 1. The third kappa shape index (κ3) is 3.08. The number of hydrogen-bond acceptors (Lipinski definition) is 3. The maximum atomic E-state index is 13.3. The monoisotopic (exact) mass is 419 g/mol. The van der Waals surface area contributed by atoms with Crippen molar-refractivity contribution >= 4 is 16.1 Å². The molecule has 4 rings (SSSR count). The van der Waals surface area contributed by atoms with Gasteiger partial charge in [0.2, 0.25) is 10.0 Å². The number of rotatable bonds is 2. The first kappa shape index (κ1) is 20.7. The van der Waals surface area contributed by atoms with E-state index in [1.165, 1.54) is 19.0 Å². The molecule has 7 heteroatoms. The normalized spacial score (nSPS) is 28.8. The number of nitrogens with zero attached hydrogens (tertiary/aromatic N) is 2. The van der Waals surface area contributed by atoms with Crippen LogP contribution in [0.2, 0.25) is 0 Å². The van der Waals surface area contributed by atoms with Gasteiger partial charge in [-0.3, -0.25) is 0 Å². The largest absolute Gasteiger partial charge is 0.325 e. The molecular formula is C22H33N3O3S. The molecule has 0 aromatic heterocycles. The fourth-order valence-corrected chi connectivity index (χ4v) is 6.42. The Labute approximate surface area is 174 Å². The second-order valence-corrected chi connectivity index (χ2v) is 11.5. The summed E-state index contributed by atoms with van der Waals surface area (Å²) >= 11 is 0. The fourth-order valence-electron chi connectivity index (χ4n) is 5.66. The zero-order valence-corrected chi connectivity index (χ0v) is 18.8. The van der Waals surface area contributed by atoms with Gasteiger partial charge in [0.25, 0.3) is 0 Å².